The Bertz CT molecular complexity index is 580. The fraction of sp³-hybridized carbons (Fsp3) is 0.786. The van der Waals surface area contributed by atoms with Gasteiger partial charge in [-0.2, -0.15) is 0 Å². The molecule has 2 fully saturated rings. The van der Waals surface area contributed by atoms with Gasteiger partial charge in [-0.3, -0.25) is 4.90 Å². The SMILES string of the molecule is CCS(=O)(=O)N1CCC2(CC1)CN(Cc1nccs1)CCO2. The molecule has 1 aromatic heterocycles. The minimum Gasteiger partial charge on any atom is -0.372 e. The molecular formula is C14H23N3O3S2. The molecule has 0 N–H and O–H groups in total. The maximum atomic E-state index is 12.0. The van der Waals surface area contributed by atoms with Crippen LogP contribution in [0.2, 0.25) is 0 Å². The third-order valence-electron chi connectivity index (χ3n) is 4.56. The van der Waals surface area contributed by atoms with Crippen molar-refractivity contribution in [2.24, 2.45) is 0 Å². The summed E-state index contributed by atoms with van der Waals surface area (Å²) in [6.07, 6.45) is 3.39. The zero-order chi connectivity index (χ0) is 15.6. The van der Waals surface area contributed by atoms with Crippen LogP contribution in [-0.4, -0.2) is 66.7 Å². The van der Waals surface area contributed by atoms with Gasteiger partial charge < -0.3 is 4.74 Å². The molecule has 3 heterocycles. The highest BCUT2D eigenvalue weighted by atomic mass is 32.2. The highest BCUT2D eigenvalue weighted by molar-refractivity contribution is 7.89. The summed E-state index contributed by atoms with van der Waals surface area (Å²) < 4.78 is 31.6. The number of morpholine rings is 1. The van der Waals surface area contributed by atoms with Gasteiger partial charge in [-0.25, -0.2) is 17.7 Å². The number of hydrogen-bond donors (Lipinski definition) is 0. The van der Waals surface area contributed by atoms with E-state index in [1.54, 1.807) is 22.6 Å². The normalized spacial score (nSPS) is 23.9. The van der Waals surface area contributed by atoms with Crippen LogP contribution in [0.4, 0.5) is 0 Å². The Morgan fingerprint density at radius 3 is 2.77 bits per heavy atom. The number of piperidine rings is 1. The molecule has 22 heavy (non-hydrogen) atoms. The van der Waals surface area contributed by atoms with Crippen molar-refractivity contribution in [2.45, 2.75) is 31.9 Å². The van der Waals surface area contributed by atoms with Crippen LogP contribution in [0.15, 0.2) is 11.6 Å². The van der Waals surface area contributed by atoms with Gasteiger partial charge in [0.25, 0.3) is 0 Å². The van der Waals surface area contributed by atoms with E-state index in [1.807, 2.05) is 11.6 Å². The molecule has 0 radical (unpaired) electrons. The van der Waals surface area contributed by atoms with Crippen molar-refractivity contribution in [3.8, 4) is 0 Å². The van der Waals surface area contributed by atoms with Crippen LogP contribution in [0, 0.1) is 0 Å². The van der Waals surface area contributed by atoms with Crippen LogP contribution in [0.1, 0.15) is 24.8 Å². The van der Waals surface area contributed by atoms with Crippen LogP contribution in [0.5, 0.6) is 0 Å². The van der Waals surface area contributed by atoms with Crippen LogP contribution < -0.4 is 0 Å². The summed E-state index contributed by atoms with van der Waals surface area (Å²) in [5, 5.41) is 3.13. The van der Waals surface area contributed by atoms with Crippen molar-refractivity contribution in [1.82, 2.24) is 14.2 Å². The van der Waals surface area contributed by atoms with E-state index < -0.39 is 10.0 Å². The summed E-state index contributed by atoms with van der Waals surface area (Å²) in [4.78, 5) is 6.73. The first-order valence-electron chi connectivity index (χ1n) is 7.75. The summed E-state index contributed by atoms with van der Waals surface area (Å²) in [5.74, 6) is 0.178. The summed E-state index contributed by atoms with van der Waals surface area (Å²) in [7, 11) is -3.08. The Labute approximate surface area is 136 Å². The molecule has 2 aliphatic rings. The van der Waals surface area contributed by atoms with Crippen molar-refractivity contribution in [2.75, 3.05) is 38.5 Å². The van der Waals surface area contributed by atoms with Crippen LogP contribution >= 0.6 is 11.3 Å². The zero-order valence-electron chi connectivity index (χ0n) is 12.9. The van der Waals surface area contributed by atoms with Gasteiger partial charge in [-0.1, -0.05) is 0 Å². The van der Waals surface area contributed by atoms with Crippen LogP contribution in [0.25, 0.3) is 0 Å². The molecule has 0 saturated carbocycles. The molecule has 0 unspecified atom stereocenters. The quantitative estimate of drug-likeness (QED) is 0.819. The van der Waals surface area contributed by atoms with E-state index in [0.29, 0.717) is 19.7 Å². The lowest BCUT2D eigenvalue weighted by molar-refractivity contribution is -0.131. The van der Waals surface area contributed by atoms with E-state index in [2.05, 4.69) is 9.88 Å². The van der Waals surface area contributed by atoms with Gasteiger partial charge >= 0.3 is 0 Å². The third kappa shape index (κ3) is 3.51. The number of ether oxygens (including phenoxy) is 1. The number of nitrogens with zero attached hydrogens (tertiary/aromatic N) is 3. The molecule has 2 aliphatic heterocycles. The van der Waals surface area contributed by atoms with E-state index in [-0.39, 0.29) is 11.4 Å². The molecule has 8 heteroatoms. The lowest BCUT2D eigenvalue weighted by atomic mass is 9.90. The highest BCUT2D eigenvalue weighted by Crippen LogP contribution is 2.31. The first kappa shape index (κ1) is 16.3. The van der Waals surface area contributed by atoms with Crippen molar-refractivity contribution in [3.63, 3.8) is 0 Å². The molecular weight excluding hydrogens is 322 g/mol. The number of hydrogen-bond acceptors (Lipinski definition) is 6. The van der Waals surface area contributed by atoms with Gasteiger partial charge in [-0.05, 0) is 19.8 Å². The molecule has 6 nitrogen and oxygen atoms in total. The Balaban J connectivity index is 1.60. The van der Waals surface area contributed by atoms with Crippen molar-refractivity contribution in [1.29, 1.82) is 0 Å². The fourth-order valence-electron chi connectivity index (χ4n) is 3.24. The minimum atomic E-state index is -3.08. The number of rotatable bonds is 4. The number of thiazole rings is 1. The summed E-state index contributed by atoms with van der Waals surface area (Å²) >= 11 is 1.68. The largest absolute Gasteiger partial charge is 0.372 e. The standard InChI is InChI=1S/C14H23N3O3S2/c1-2-22(18,19)17-6-3-14(4-7-17)12-16(8-9-20-14)11-13-15-5-10-21-13/h5,10H,2-4,6-9,11-12H2,1H3. The van der Waals surface area contributed by atoms with Gasteiger partial charge in [0.1, 0.15) is 5.01 Å². The monoisotopic (exact) mass is 345 g/mol. The lowest BCUT2D eigenvalue weighted by Crippen LogP contribution is -2.57. The van der Waals surface area contributed by atoms with Gasteiger partial charge in [0.05, 0.1) is 24.5 Å². The first-order chi connectivity index (χ1) is 10.5. The molecule has 124 valence electrons. The molecule has 2 saturated heterocycles. The number of sulfonamides is 1. The molecule has 0 aromatic carbocycles. The van der Waals surface area contributed by atoms with Gasteiger partial charge in [-0.15, -0.1) is 11.3 Å². The average Bonchev–Trinajstić information content (AvgIpc) is 3.01. The maximum Gasteiger partial charge on any atom is 0.213 e. The summed E-state index contributed by atoms with van der Waals surface area (Å²) in [6.45, 7) is 6.20. The second kappa shape index (κ2) is 6.52. The Kier molecular flexibility index (Phi) is 4.84. The molecule has 1 aromatic rings. The molecule has 0 amide bonds. The second-order valence-corrected chi connectivity index (χ2v) is 9.20. The molecule has 0 atom stereocenters. The predicted octanol–water partition coefficient (Wildman–Crippen LogP) is 1.16. The first-order valence-corrected chi connectivity index (χ1v) is 10.2. The predicted molar refractivity (Wildman–Crippen MR) is 86.3 cm³/mol. The van der Waals surface area contributed by atoms with Crippen molar-refractivity contribution >= 4 is 21.4 Å². The topological polar surface area (TPSA) is 62.7 Å². The van der Waals surface area contributed by atoms with E-state index in [1.165, 1.54) is 0 Å². The van der Waals surface area contributed by atoms with Gasteiger partial charge in [0.2, 0.25) is 10.0 Å². The third-order valence-corrected chi connectivity index (χ3v) is 7.21. The van der Waals surface area contributed by atoms with E-state index in [0.717, 1.165) is 37.5 Å². The van der Waals surface area contributed by atoms with Crippen LogP contribution in [-0.2, 0) is 21.3 Å². The van der Waals surface area contributed by atoms with Gasteiger partial charge in [0.15, 0.2) is 0 Å². The lowest BCUT2D eigenvalue weighted by Gasteiger charge is -2.46. The molecule has 1 spiro atoms. The minimum absolute atomic E-state index is 0.178. The Morgan fingerprint density at radius 2 is 2.14 bits per heavy atom. The second-order valence-electron chi connectivity index (χ2n) is 5.97. The maximum absolute atomic E-state index is 12.0. The van der Waals surface area contributed by atoms with E-state index in [9.17, 15) is 8.42 Å². The number of aromatic nitrogens is 1. The van der Waals surface area contributed by atoms with E-state index >= 15 is 0 Å². The van der Waals surface area contributed by atoms with Crippen molar-refractivity contribution in [3.05, 3.63) is 16.6 Å². The average molecular weight is 345 g/mol. The zero-order valence-corrected chi connectivity index (χ0v) is 14.5. The Hall–Kier alpha value is -0.540. The molecule has 3 rings (SSSR count). The van der Waals surface area contributed by atoms with E-state index in [4.69, 9.17) is 4.74 Å². The van der Waals surface area contributed by atoms with Gasteiger partial charge in [0, 0.05) is 37.8 Å². The van der Waals surface area contributed by atoms with Crippen molar-refractivity contribution < 1.29 is 13.2 Å². The Morgan fingerprint density at radius 1 is 1.36 bits per heavy atom. The molecule has 0 aliphatic carbocycles. The summed E-state index contributed by atoms with van der Waals surface area (Å²) in [5.41, 5.74) is -0.185. The summed E-state index contributed by atoms with van der Waals surface area (Å²) in [6, 6.07) is 0. The smallest absolute Gasteiger partial charge is 0.213 e. The molecule has 0 bridgehead atoms. The highest BCUT2D eigenvalue weighted by Gasteiger charge is 2.41. The fourth-order valence-corrected chi connectivity index (χ4v) is 5.00. The van der Waals surface area contributed by atoms with Crippen LogP contribution in [0.3, 0.4) is 0 Å².